The molecule has 0 radical (unpaired) electrons. The Hall–Kier alpha value is -1.16. The van der Waals surface area contributed by atoms with Crippen molar-refractivity contribution < 1.29 is 0 Å². The molecule has 0 atom stereocenters. The molecule has 2 heterocycles. The Morgan fingerprint density at radius 2 is 2.33 bits per heavy atom. The van der Waals surface area contributed by atoms with Gasteiger partial charge in [0.1, 0.15) is 0 Å². The summed E-state index contributed by atoms with van der Waals surface area (Å²) in [5, 5.41) is 9.71. The lowest BCUT2D eigenvalue weighted by molar-refractivity contribution is 0.613. The maximum Gasteiger partial charge on any atom is 0.267 e. The number of aromatic nitrogens is 2. The van der Waals surface area contributed by atoms with Gasteiger partial charge >= 0.3 is 0 Å². The lowest BCUT2D eigenvalue weighted by Crippen LogP contribution is -2.29. The van der Waals surface area contributed by atoms with E-state index in [1.807, 2.05) is 6.92 Å². The van der Waals surface area contributed by atoms with Crippen LogP contribution in [-0.4, -0.2) is 16.7 Å². The van der Waals surface area contributed by atoms with Crippen LogP contribution in [0.5, 0.6) is 0 Å². The summed E-state index contributed by atoms with van der Waals surface area (Å²) in [6.07, 6.45) is 0.910. The second-order valence-electron chi connectivity index (χ2n) is 3.03. The van der Waals surface area contributed by atoms with E-state index in [9.17, 15) is 4.79 Å². The Labute approximate surface area is 70.0 Å². The lowest BCUT2D eigenvalue weighted by Gasteiger charge is -2.16. The molecule has 0 aliphatic carbocycles. The molecular weight excluding hydrogens is 154 g/mol. The van der Waals surface area contributed by atoms with E-state index in [2.05, 4.69) is 15.5 Å². The van der Waals surface area contributed by atoms with Gasteiger partial charge < -0.3 is 5.32 Å². The van der Waals surface area contributed by atoms with Crippen LogP contribution < -0.4 is 10.9 Å². The fourth-order valence-electron chi connectivity index (χ4n) is 1.48. The Bertz CT molecular complexity index is 356. The van der Waals surface area contributed by atoms with Crippen LogP contribution in [0, 0.1) is 6.92 Å². The van der Waals surface area contributed by atoms with Crippen molar-refractivity contribution in [3.05, 3.63) is 27.2 Å². The van der Waals surface area contributed by atoms with E-state index >= 15 is 0 Å². The SMILES string of the molecule is Cc1c2c(n[nH]c1=O)CCNC2. The first-order valence-corrected chi connectivity index (χ1v) is 4.07. The predicted molar refractivity (Wildman–Crippen MR) is 45.0 cm³/mol. The third kappa shape index (κ3) is 1.04. The molecule has 0 unspecified atom stereocenters. The smallest absolute Gasteiger partial charge is 0.267 e. The molecule has 1 aromatic heterocycles. The second kappa shape index (κ2) is 2.71. The molecule has 0 saturated heterocycles. The second-order valence-corrected chi connectivity index (χ2v) is 3.03. The monoisotopic (exact) mass is 165 g/mol. The highest BCUT2D eigenvalue weighted by molar-refractivity contribution is 5.28. The average molecular weight is 165 g/mol. The number of fused-ring (bicyclic) bond motifs is 1. The van der Waals surface area contributed by atoms with Gasteiger partial charge in [-0.1, -0.05) is 0 Å². The summed E-state index contributed by atoms with van der Waals surface area (Å²) < 4.78 is 0. The van der Waals surface area contributed by atoms with Gasteiger partial charge in [0.15, 0.2) is 0 Å². The third-order valence-corrected chi connectivity index (χ3v) is 2.27. The van der Waals surface area contributed by atoms with Crippen molar-refractivity contribution in [2.24, 2.45) is 0 Å². The van der Waals surface area contributed by atoms with E-state index in [1.165, 1.54) is 0 Å². The third-order valence-electron chi connectivity index (χ3n) is 2.27. The van der Waals surface area contributed by atoms with E-state index in [4.69, 9.17) is 0 Å². The van der Waals surface area contributed by atoms with E-state index < -0.39 is 0 Å². The van der Waals surface area contributed by atoms with Crippen molar-refractivity contribution in [1.29, 1.82) is 0 Å². The van der Waals surface area contributed by atoms with E-state index in [-0.39, 0.29) is 5.56 Å². The summed E-state index contributed by atoms with van der Waals surface area (Å²) >= 11 is 0. The Kier molecular flexibility index (Phi) is 1.69. The van der Waals surface area contributed by atoms with Crippen LogP contribution in [0.2, 0.25) is 0 Å². The van der Waals surface area contributed by atoms with Crippen molar-refractivity contribution in [1.82, 2.24) is 15.5 Å². The zero-order valence-corrected chi connectivity index (χ0v) is 6.98. The van der Waals surface area contributed by atoms with E-state index in [1.54, 1.807) is 0 Å². The minimum Gasteiger partial charge on any atom is -0.312 e. The molecule has 0 fully saturated rings. The molecule has 0 spiro atoms. The minimum absolute atomic E-state index is 0.0718. The number of hydrogen-bond acceptors (Lipinski definition) is 3. The Balaban J connectivity index is 2.61. The van der Waals surface area contributed by atoms with E-state index in [0.717, 1.165) is 36.3 Å². The summed E-state index contributed by atoms with van der Waals surface area (Å²) in [5.41, 5.74) is 2.83. The van der Waals surface area contributed by atoms with Crippen molar-refractivity contribution in [3.63, 3.8) is 0 Å². The fraction of sp³-hybridized carbons (Fsp3) is 0.500. The number of nitrogens with zero attached hydrogens (tertiary/aromatic N) is 1. The first-order valence-electron chi connectivity index (χ1n) is 4.07. The molecule has 1 aliphatic rings. The molecule has 1 aromatic rings. The van der Waals surface area contributed by atoms with Crippen molar-refractivity contribution in [2.45, 2.75) is 19.9 Å². The Morgan fingerprint density at radius 1 is 1.50 bits per heavy atom. The molecule has 4 heteroatoms. The highest BCUT2D eigenvalue weighted by Gasteiger charge is 2.13. The predicted octanol–water partition coefficient (Wildman–Crippen LogP) is -0.276. The minimum atomic E-state index is -0.0718. The number of hydrogen-bond donors (Lipinski definition) is 2. The molecule has 2 N–H and O–H groups in total. The molecule has 0 amide bonds. The number of rotatable bonds is 0. The maximum absolute atomic E-state index is 11.1. The highest BCUT2D eigenvalue weighted by atomic mass is 16.1. The molecule has 0 aromatic carbocycles. The van der Waals surface area contributed by atoms with Gasteiger partial charge in [-0.2, -0.15) is 5.10 Å². The number of H-pyrrole nitrogens is 1. The van der Waals surface area contributed by atoms with Gasteiger partial charge in [0.05, 0.1) is 5.69 Å². The zero-order valence-electron chi connectivity index (χ0n) is 6.98. The zero-order chi connectivity index (χ0) is 8.55. The average Bonchev–Trinajstić information content (AvgIpc) is 2.12. The first kappa shape index (κ1) is 7.49. The van der Waals surface area contributed by atoms with Crippen molar-refractivity contribution >= 4 is 0 Å². The maximum atomic E-state index is 11.1. The highest BCUT2D eigenvalue weighted by Crippen LogP contribution is 2.10. The molecule has 12 heavy (non-hydrogen) atoms. The van der Waals surface area contributed by atoms with Crippen LogP contribution in [-0.2, 0) is 13.0 Å². The van der Waals surface area contributed by atoms with Gasteiger partial charge in [0, 0.05) is 25.1 Å². The van der Waals surface area contributed by atoms with E-state index in [0.29, 0.717) is 0 Å². The van der Waals surface area contributed by atoms with Gasteiger partial charge in [-0.3, -0.25) is 4.79 Å². The summed E-state index contributed by atoms with van der Waals surface area (Å²) in [6.45, 7) is 3.57. The normalized spacial score (nSPS) is 15.8. The van der Waals surface area contributed by atoms with Gasteiger partial charge in [0.2, 0.25) is 0 Å². The first-order chi connectivity index (χ1) is 5.79. The Morgan fingerprint density at radius 3 is 3.17 bits per heavy atom. The van der Waals surface area contributed by atoms with Crippen LogP contribution in [0.3, 0.4) is 0 Å². The van der Waals surface area contributed by atoms with Crippen LogP contribution in [0.25, 0.3) is 0 Å². The topological polar surface area (TPSA) is 57.8 Å². The van der Waals surface area contributed by atoms with Crippen LogP contribution in [0.4, 0.5) is 0 Å². The number of aromatic amines is 1. The molecular formula is C8H11N3O. The lowest BCUT2D eigenvalue weighted by atomic mass is 10.0. The van der Waals surface area contributed by atoms with Gasteiger partial charge in [0.25, 0.3) is 5.56 Å². The van der Waals surface area contributed by atoms with Crippen molar-refractivity contribution in [3.8, 4) is 0 Å². The van der Waals surface area contributed by atoms with Crippen LogP contribution in [0.15, 0.2) is 4.79 Å². The summed E-state index contributed by atoms with van der Waals surface area (Å²) in [5.74, 6) is 0. The van der Waals surface area contributed by atoms with Crippen molar-refractivity contribution in [2.75, 3.05) is 6.54 Å². The molecule has 0 saturated carbocycles. The largest absolute Gasteiger partial charge is 0.312 e. The molecule has 2 rings (SSSR count). The molecule has 0 bridgehead atoms. The van der Waals surface area contributed by atoms with Gasteiger partial charge in [-0.05, 0) is 12.5 Å². The van der Waals surface area contributed by atoms with Crippen LogP contribution >= 0.6 is 0 Å². The molecule has 64 valence electrons. The summed E-state index contributed by atoms with van der Waals surface area (Å²) in [6, 6.07) is 0. The standard InChI is InChI=1S/C8H11N3O/c1-5-6-4-9-3-2-7(6)10-11-8(5)12/h9H,2-4H2,1H3,(H,11,12). The fourth-order valence-corrected chi connectivity index (χ4v) is 1.48. The van der Waals surface area contributed by atoms with Gasteiger partial charge in [-0.25, -0.2) is 5.10 Å². The quantitative estimate of drug-likeness (QED) is 0.556. The van der Waals surface area contributed by atoms with Gasteiger partial charge in [-0.15, -0.1) is 0 Å². The number of nitrogens with one attached hydrogen (secondary N) is 2. The summed E-state index contributed by atoms with van der Waals surface area (Å²) in [4.78, 5) is 11.1. The molecule has 4 nitrogen and oxygen atoms in total. The summed E-state index contributed by atoms with van der Waals surface area (Å²) in [7, 11) is 0. The molecule has 1 aliphatic heterocycles. The van der Waals surface area contributed by atoms with Crippen LogP contribution in [0.1, 0.15) is 16.8 Å².